The predicted molar refractivity (Wildman–Crippen MR) is 236 cm³/mol. The molecule has 57 heavy (non-hydrogen) atoms. The topological polar surface area (TPSA) is 8.17 Å². The van der Waals surface area contributed by atoms with E-state index in [1.807, 2.05) is 0 Å². The van der Waals surface area contributed by atoms with Gasteiger partial charge in [0, 0.05) is 34.5 Å². The quantitative estimate of drug-likeness (QED) is 0.171. The van der Waals surface area contributed by atoms with Crippen LogP contribution in [0.25, 0.3) is 55.7 Å². The lowest BCUT2D eigenvalue weighted by atomic mass is 9.70. The van der Waals surface area contributed by atoms with Crippen molar-refractivity contribution in [2.75, 3.05) is 4.90 Å². The zero-order valence-electron chi connectivity index (χ0n) is 31.4. The Kier molecular flexibility index (Phi) is 7.00. The monoisotopic (exact) mass is 726 g/mol. The Balaban J connectivity index is 1.11. The maximum absolute atomic E-state index is 2.52. The van der Waals surface area contributed by atoms with E-state index in [4.69, 9.17) is 0 Å². The second kappa shape index (κ2) is 12.4. The van der Waals surface area contributed by atoms with Crippen LogP contribution in [0, 0.1) is 0 Å². The molecule has 3 aliphatic carbocycles. The summed E-state index contributed by atoms with van der Waals surface area (Å²) in [6.07, 6.45) is 6.71. The number of aromatic nitrogens is 1. The van der Waals surface area contributed by atoms with Gasteiger partial charge in [0.25, 0.3) is 0 Å². The van der Waals surface area contributed by atoms with Crippen molar-refractivity contribution in [3.63, 3.8) is 0 Å². The molecule has 0 radical (unpaired) electrons. The molecule has 0 saturated heterocycles. The second-order valence-electron chi connectivity index (χ2n) is 15.6. The molecule has 1 aromatic heterocycles. The number of nitrogens with zero attached hydrogens (tertiary/aromatic N) is 2. The Labute approximate surface area is 333 Å². The van der Waals surface area contributed by atoms with Gasteiger partial charge in [-0.1, -0.05) is 152 Å². The molecule has 0 bridgehead atoms. The molecule has 0 N–H and O–H groups in total. The van der Waals surface area contributed by atoms with Crippen LogP contribution in [0.4, 0.5) is 11.4 Å². The van der Waals surface area contributed by atoms with Gasteiger partial charge in [0.2, 0.25) is 0 Å². The van der Waals surface area contributed by atoms with E-state index in [0.717, 1.165) is 24.2 Å². The first kappa shape index (κ1) is 32.1. The summed E-state index contributed by atoms with van der Waals surface area (Å²) in [5, 5.41) is 1.24. The van der Waals surface area contributed by atoms with Gasteiger partial charge < -0.3 is 9.47 Å². The highest BCUT2D eigenvalue weighted by atomic mass is 15.2. The third-order valence-corrected chi connectivity index (χ3v) is 12.7. The molecule has 0 atom stereocenters. The molecule has 1 spiro atoms. The minimum atomic E-state index is -0.492. The number of hydrogen-bond donors (Lipinski definition) is 0. The van der Waals surface area contributed by atoms with Gasteiger partial charge >= 0.3 is 0 Å². The Hall–Kier alpha value is -7.16. The summed E-state index contributed by atoms with van der Waals surface area (Å²) < 4.78 is 2.35. The van der Waals surface area contributed by atoms with Crippen LogP contribution in [-0.4, -0.2) is 4.57 Å². The molecule has 1 heterocycles. The van der Waals surface area contributed by atoms with E-state index in [9.17, 15) is 0 Å². The van der Waals surface area contributed by atoms with Crippen molar-refractivity contribution in [2.24, 2.45) is 0 Å². The maximum atomic E-state index is 2.52. The molecule has 0 fully saturated rings. The lowest BCUT2D eigenvalue weighted by Gasteiger charge is -2.34. The second-order valence-corrected chi connectivity index (χ2v) is 15.6. The molecule has 0 aliphatic heterocycles. The summed E-state index contributed by atoms with van der Waals surface area (Å²) in [6.45, 7) is 0. The van der Waals surface area contributed by atoms with Crippen LogP contribution < -0.4 is 4.90 Å². The fraction of sp³-hybridized carbons (Fsp3) is 0.0545. The molecular weight excluding hydrogens is 689 g/mol. The van der Waals surface area contributed by atoms with E-state index in [2.05, 4.69) is 216 Å². The predicted octanol–water partition coefficient (Wildman–Crippen LogP) is 13.8. The lowest BCUT2D eigenvalue weighted by molar-refractivity contribution is 0.792. The van der Waals surface area contributed by atoms with Gasteiger partial charge in [0.15, 0.2) is 0 Å². The molecule has 3 aliphatic rings. The maximum Gasteiger partial charge on any atom is 0.0727 e. The van der Waals surface area contributed by atoms with Crippen LogP contribution in [0.15, 0.2) is 206 Å². The van der Waals surface area contributed by atoms with Crippen LogP contribution in [-0.2, 0) is 11.8 Å². The van der Waals surface area contributed by atoms with Gasteiger partial charge in [-0.15, -0.1) is 0 Å². The molecular formula is C55H38N2. The van der Waals surface area contributed by atoms with E-state index in [-0.39, 0.29) is 0 Å². The largest absolute Gasteiger partial charge is 0.317 e. The van der Waals surface area contributed by atoms with Crippen molar-refractivity contribution in [2.45, 2.75) is 18.3 Å². The van der Waals surface area contributed by atoms with Crippen molar-refractivity contribution < 1.29 is 0 Å². The standard InChI is InChI=1S/C55H38N2/c1-2-13-37(14-3-1)38-25-27-41(28-26-38)57(54-24-12-17-39-15-4-6-18-44(39)54)43-30-32-48-47-31-29-42(56-34-33-40-16-5-11-23-53(40)56)35-51(47)55(52(48)36-43)49-21-9-7-19-45(49)46-20-8-10-22-50(46)55/h1-11,13-16,18-36H,12,17H2. The highest BCUT2D eigenvalue weighted by Gasteiger charge is 2.52. The number of aryl methyl sites for hydroxylation is 1. The number of para-hydroxylation sites is 1. The normalized spacial score (nSPS) is 14.1. The molecule has 2 heteroatoms. The lowest BCUT2D eigenvalue weighted by Crippen LogP contribution is -2.26. The first-order valence-electron chi connectivity index (χ1n) is 20.1. The number of hydrogen-bond acceptors (Lipinski definition) is 1. The molecule has 0 unspecified atom stereocenters. The summed E-state index contributed by atoms with van der Waals surface area (Å²) in [5.41, 5.74) is 21.2. The zero-order valence-corrected chi connectivity index (χ0v) is 31.4. The van der Waals surface area contributed by atoms with E-state index in [0.29, 0.717) is 0 Å². The fourth-order valence-electron chi connectivity index (χ4n) is 10.2. The van der Waals surface area contributed by atoms with Crippen molar-refractivity contribution in [3.8, 4) is 39.1 Å². The van der Waals surface area contributed by atoms with Gasteiger partial charge in [-0.3, -0.25) is 0 Å². The Morgan fingerprint density at radius 1 is 0.439 bits per heavy atom. The van der Waals surface area contributed by atoms with Gasteiger partial charge in [-0.2, -0.15) is 0 Å². The van der Waals surface area contributed by atoms with Gasteiger partial charge in [-0.05, 0) is 128 Å². The van der Waals surface area contributed by atoms with Crippen molar-refractivity contribution >= 4 is 28.0 Å². The van der Waals surface area contributed by atoms with Crippen molar-refractivity contribution in [3.05, 3.63) is 240 Å². The highest BCUT2D eigenvalue weighted by Crippen LogP contribution is 2.63. The number of allylic oxidation sites excluding steroid dienone is 1. The average molecular weight is 727 g/mol. The minimum Gasteiger partial charge on any atom is -0.317 e. The Morgan fingerprint density at radius 2 is 1.04 bits per heavy atom. The molecule has 12 rings (SSSR count). The summed E-state index contributed by atoms with van der Waals surface area (Å²) >= 11 is 0. The van der Waals surface area contributed by atoms with Gasteiger partial charge in [0.05, 0.1) is 10.9 Å². The number of benzene rings is 8. The summed E-state index contributed by atoms with van der Waals surface area (Å²) in [7, 11) is 0. The third kappa shape index (κ3) is 4.65. The first-order valence-corrected chi connectivity index (χ1v) is 20.1. The first-order chi connectivity index (χ1) is 28.3. The van der Waals surface area contributed by atoms with Crippen LogP contribution >= 0.6 is 0 Å². The Bertz CT molecular complexity index is 3030. The molecule has 9 aromatic rings. The molecule has 0 amide bonds. The highest BCUT2D eigenvalue weighted by molar-refractivity contribution is 5.98. The van der Waals surface area contributed by atoms with Crippen LogP contribution in [0.5, 0.6) is 0 Å². The zero-order chi connectivity index (χ0) is 37.5. The van der Waals surface area contributed by atoms with E-state index in [1.54, 1.807) is 0 Å². The third-order valence-electron chi connectivity index (χ3n) is 12.7. The van der Waals surface area contributed by atoms with Gasteiger partial charge in [0.1, 0.15) is 0 Å². The molecule has 8 aromatic carbocycles. The number of fused-ring (bicyclic) bond motifs is 12. The molecule has 0 saturated carbocycles. The number of rotatable bonds is 5. The fourth-order valence-corrected chi connectivity index (χ4v) is 10.2. The van der Waals surface area contributed by atoms with Gasteiger partial charge in [-0.25, -0.2) is 0 Å². The van der Waals surface area contributed by atoms with Crippen LogP contribution in [0.3, 0.4) is 0 Å². The average Bonchev–Trinajstić information content (AvgIpc) is 3.94. The summed E-state index contributed by atoms with van der Waals surface area (Å²) in [6, 6.07) is 72.3. The Morgan fingerprint density at radius 3 is 1.82 bits per heavy atom. The van der Waals surface area contributed by atoms with Crippen LogP contribution in [0.2, 0.25) is 0 Å². The number of anilines is 2. The SMILES string of the molecule is C1=C(N(c2ccc(-c3ccccc3)cc2)c2ccc3c(c2)C2(c4ccccc4-c4ccccc42)c2cc(-n4ccc5ccccc54)ccc2-3)c2ccccc2CC1. The summed E-state index contributed by atoms with van der Waals surface area (Å²) in [5.74, 6) is 0. The van der Waals surface area contributed by atoms with E-state index >= 15 is 0 Å². The van der Waals surface area contributed by atoms with Crippen molar-refractivity contribution in [1.82, 2.24) is 4.57 Å². The van der Waals surface area contributed by atoms with E-state index < -0.39 is 5.41 Å². The smallest absolute Gasteiger partial charge is 0.0727 e. The molecule has 268 valence electrons. The van der Waals surface area contributed by atoms with E-state index in [1.165, 1.54) is 89.0 Å². The summed E-state index contributed by atoms with van der Waals surface area (Å²) in [4.78, 5) is 2.51. The van der Waals surface area contributed by atoms with Crippen molar-refractivity contribution in [1.29, 1.82) is 0 Å². The molecule has 2 nitrogen and oxygen atoms in total. The van der Waals surface area contributed by atoms with Crippen LogP contribution in [0.1, 0.15) is 39.8 Å². The minimum absolute atomic E-state index is 0.492.